The number of carbonyl (C=O) groups excluding carboxylic acids is 1. The molecule has 0 radical (unpaired) electrons. The third kappa shape index (κ3) is 3.43. The lowest BCUT2D eigenvalue weighted by molar-refractivity contribution is 0.0938. The number of hydrogen-bond acceptors (Lipinski definition) is 3. The van der Waals surface area contributed by atoms with Crippen LogP contribution in [-0.2, 0) is 12.8 Å². The fourth-order valence-corrected chi connectivity index (χ4v) is 3.67. The molecule has 138 valence electrons. The maximum atomic E-state index is 12.8. The highest BCUT2D eigenvalue weighted by Gasteiger charge is 2.20. The number of rotatable bonds is 4. The van der Waals surface area contributed by atoms with Gasteiger partial charge in [0.15, 0.2) is 0 Å². The van der Waals surface area contributed by atoms with Gasteiger partial charge in [-0.15, -0.1) is 0 Å². The van der Waals surface area contributed by atoms with E-state index < -0.39 is 0 Å². The first-order chi connectivity index (χ1) is 13.1. The van der Waals surface area contributed by atoms with Crippen LogP contribution < -0.4 is 10.9 Å². The molecule has 2 aromatic heterocycles. The van der Waals surface area contributed by atoms with Crippen LogP contribution in [0.25, 0.3) is 5.69 Å². The van der Waals surface area contributed by atoms with E-state index in [1.54, 1.807) is 16.9 Å². The van der Waals surface area contributed by atoms with Gasteiger partial charge in [-0.3, -0.25) is 9.59 Å². The number of nitrogens with one attached hydrogen (secondary N) is 2. The minimum Gasteiger partial charge on any atom is -0.345 e. The second-order valence-corrected chi connectivity index (χ2v) is 6.93. The molecule has 1 aromatic carbocycles. The fourth-order valence-electron chi connectivity index (χ4n) is 3.67. The summed E-state index contributed by atoms with van der Waals surface area (Å²) >= 11 is 0. The molecule has 27 heavy (non-hydrogen) atoms. The maximum Gasteiger partial charge on any atom is 0.261 e. The van der Waals surface area contributed by atoms with Crippen molar-refractivity contribution >= 4 is 5.91 Å². The highest BCUT2D eigenvalue weighted by atomic mass is 16.2. The van der Waals surface area contributed by atoms with Gasteiger partial charge < -0.3 is 10.3 Å². The number of carbonyl (C=O) groups is 1. The van der Waals surface area contributed by atoms with Crippen LogP contribution in [-0.4, -0.2) is 20.7 Å². The molecule has 0 spiro atoms. The van der Waals surface area contributed by atoms with E-state index in [4.69, 9.17) is 0 Å². The molecule has 1 unspecified atom stereocenters. The number of fused-ring (bicyclic) bond motifs is 1. The molecule has 0 bridgehead atoms. The second-order valence-electron chi connectivity index (χ2n) is 6.93. The first-order valence-electron chi connectivity index (χ1n) is 9.28. The van der Waals surface area contributed by atoms with E-state index in [1.165, 1.54) is 0 Å². The Morgan fingerprint density at radius 3 is 2.85 bits per heavy atom. The van der Waals surface area contributed by atoms with Crippen molar-refractivity contribution in [3.8, 4) is 5.69 Å². The van der Waals surface area contributed by atoms with Crippen LogP contribution in [0.4, 0.5) is 0 Å². The van der Waals surface area contributed by atoms with Crippen LogP contribution in [0.15, 0.2) is 53.6 Å². The third-order valence-electron chi connectivity index (χ3n) is 5.08. The van der Waals surface area contributed by atoms with Crippen molar-refractivity contribution in [2.24, 2.45) is 0 Å². The molecular weight excluding hydrogens is 340 g/mol. The molecule has 6 heteroatoms. The van der Waals surface area contributed by atoms with Gasteiger partial charge in [0.25, 0.3) is 11.5 Å². The molecule has 4 rings (SSSR count). The Kier molecular flexibility index (Phi) is 4.62. The van der Waals surface area contributed by atoms with Crippen molar-refractivity contribution < 1.29 is 4.79 Å². The molecule has 0 fully saturated rings. The van der Waals surface area contributed by atoms with Crippen molar-refractivity contribution in [2.75, 3.05) is 0 Å². The van der Waals surface area contributed by atoms with Crippen LogP contribution in [0, 0.1) is 0 Å². The normalized spacial score (nSPS) is 14.4. The number of pyridine rings is 1. The Labute approximate surface area is 157 Å². The van der Waals surface area contributed by atoms with Gasteiger partial charge in [0.2, 0.25) is 0 Å². The van der Waals surface area contributed by atoms with Crippen molar-refractivity contribution in [3.05, 3.63) is 81.5 Å². The average Bonchev–Trinajstić information content (AvgIpc) is 3.22. The van der Waals surface area contributed by atoms with E-state index in [2.05, 4.69) is 15.4 Å². The van der Waals surface area contributed by atoms with Crippen molar-refractivity contribution in [3.63, 3.8) is 0 Å². The summed E-state index contributed by atoms with van der Waals surface area (Å²) in [6, 6.07) is 11.1. The zero-order chi connectivity index (χ0) is 18.8. The lowest BCUT2D eigenvalue weighted by Gasteiger charge is -2.19. The van der Waals surface area contributed by atoms with Gasteiger partial charge in [0, 0.05) is 18.1 Å². The molecule has 0 aliphatic heterocycles. The number of benzene rings is 1. The minimum absolute atomic E-state index is 0.180. The summed E-state index contributed by atoms with van der Waals surface area (Å²) in [6.07, 6.45) is 7.53. The SMILES string of the molecule is CC(NC(=O)c1cc2c([nH]c1=O)CCCC2)c1ccccc1-n1cccn1. The molecule has 6 nitrogen and oxygen atoms in total. The second kappa shape index (κ2) is 7.23. The molecule has 0 saturated heterocycles. The number of nitrogens with zero attached hydrogens (tertiary/aromatic N) is 2. The first-order valence-corrected chi connectivity index (χ1v) is 9.28. The zero-order valence-corrected chi connectivity index (χ0v) is 15.2. The summed E-state index contributed by atoms with van der Waals surface area (Å²) in [4.78, 5) is 28.0. The number of amides is 1. The van der Waals surface area contributed by atoms with Gasteiger partial charge in [-0.1, -0.05) is 18.2 Å². The Hall–Kier alpha value is -3.15. The molecular formula is C21H22N4O2. The van der Waals surface area contributed by atoms with Crippen molar-refractivity contribution in [1.29, 1.82) is 0 Å². The Balaban J connectivity index is 1.60. The highest BCUT2D eigenvalue weighted by molar-refractivity contribution is 5.94. The van der Waals surface area contributed by atoms with E-state index in [9.17, 15) is 9.59 Å². The smallest absolute Gasteiger partial charge is 0.261 e. The quantitative estimate of drug-likeness (QED) is 0.749. The number of aromatic nitrogens is 3. The van der Waals surface area contributed by atoms with Gasteiger partial charge in [-0.05, 0) is 61.9 Å². The number of hydrogen-bond donors (Lipinski definition) is 2. The summed E-state index contributed by atoms with van der Waals surface area (Å²) < 4.78 is 1.77. The van der Waals surface area contributed by atoms with E-state index in [0.29, 0.717) is 0 Å². The zero-order valence-electron chi connectivity index (χ0n) is 15.2. The summed E-state index contributed by atoms with van der Waals surface area (Å²) in [5.74, 6) is -0.354. The maximum absolute atomic E-state index is 12.8. The molecule has 1 amide bonds. The van der Waals surface area contributed by atoms with Gasteiger partial charge in [0.05, 0.1) is 11.7 Å². The summed E-state index contributed by atoms with van der Waals surface area (Å²) in [7, 11) is 0. The number of para-hydroxylation sites is 1. The number of aryl methyl sites for hydroxylation is 2. The topological polar surface area (TPSA) is 79.8 Å². The van der Waals surface area contributed by atoms with Gasteiger partial charge in [-0.25, -0.2) is 4.68 Å². The van der Waals surface area contributed by atoms with E-state index in [-0.39, 0.29) is 23.1 Å². The molecule has 2 heterocycles. The fraction of sp³-hybridized carbons (Fsp3) is 0.286. The molecule has 1 atom stereocenters. The molecule has 1 aliphatic rings. The van der Waals surface area contributed by atoms with Gasteiger partial charge in [0.1, 0.15) is 5.56 Å². The Morgan fingerprint density at radius 2 is 2.04 bits per heavy atom. The summed E-state index contributed by atoms with van der Waals surface area (Å²) in [5, 5.41) is 7.24. The van der Waals surface area contributed by atoms with Crippen LogP contribution in [0.3, 0.4) is 0 Å². The summed E-state index contributed by atoms with van der Waals surface area (Å²) in [5.41, 5.74) is 3.74. The average molecular weight is 362 g/mol. The molecule has 1 aliphatic carbocycles. The van der Waals surface area contributed by atoms with Crippen LogP contribution in [0.1, 0.15) is 53.0 Å². The number of aromatic amines is 1. The predicted octanol–water partition coefficient (Wildman–Crippen LogP) is 2.93. The molecule has 0 saturated carbocycles. The van der Waals surface area contributed by atoms with Crippen molar-refractivity contribution in [1.82, 2.24) is 20.1 Å². The first kappa shape index (κ1) is 17.3. The Morgan fingerprint density at radius 1 is 1.22 bits per heavy atom. The van der Waals surface area contributed by atoms with Crippen LogP contribution in [0.2, 0.25) is 0 Å². The predicted molar refractivity (Wildman–Crippen MR) is 103 cm³/mol. The van der Waals surface area contributed by atoms with E-state index >= 15 is 0 Å². The van der Waals surface area contributed by atoms with Crippen molar-refractivity contribution in [2.45, 2.75) is 38.6 Å². The largest absolute Gasteiger partial charge is 0.345 e. The standard InChI is InChI=1S/C21H22N4O2/c1-14(16-8-3-5-10-19(16)25-12-6-11-22-25)23-20(26)17-13-15-7-2-4-9-18(15)24-21(17)27/h3,5-6,8,10-14H,2,4,7,9H2,1H3,(H,23,26)(H,24,27). The number of H-pyrrole nitrogens is 1. The van der Waals surface area contributed by atoms with E-state index in [0.717, 1.165) is 48.2 Å². The monoisotopic (exact) mass is 362 g/mol. The molecule has 2 N–H and O–H groups in total. The highest BCUT2D eigenvalue weighted by Crippen LogP contribution is 2.22. The summed E-state index contributed by atoms with van der Waals surface area (Å²) in [6.45, 7) is 1.91. The van der Waals surface area contributed by atoms with Gasteiger partial charge >= 0.3 is 0 Å². The lowest BCUT2D eigenvalue weighted by atomic mass is 9.95. The molecule has 3 aromatic rings. The van der Waals surface area contributed by atoms with Crippen LogP contribution in [0.5, 0.6) is 0 Å². The third-order valence-corrected chi connectivity index (χ3v) is 5.08. The van der Waals surface area contributed by atoms with Crippen LogP contribution >= 0.6 is 0 Å². The lowest BCUT2D eigenvalue weighted by Crippen LogP contribution is -2.33. The van der Waals surface area contributed by atoms with Gasteiger partial charge in [-0.2, -0.15) is 5.10 Å². The Bertz CT molecular complexity index is 1020. The van der Waals surface area contributed by atoms with E-state index in [1.807, 2.05) is 43.5 Å². The minimum atomic E-state index is -0.354.